The minimum atomic E-state index is -1.19. The van der Waals surface area contributed by atoms with Crippen molar-refractivity contribution in [2.24, 2.45) is 0 Å². The average molecular weight is 413 g/mol. The Morgan fingerprint density at radius 2 is 1.79 bits per heavy atom. The Hall–Kier alpha value is -3.00. The molecule has 7 nitrogen and oxygen atoms in total. The van der Waals surface area contributed by atoms with Crippen molar-refractivity contribution in [3.63, 3.8) is 0 Å². The van der Waals surface area contributed by atoms with Gasteiger partial charge in [-0.3, -0.25) is 14.2 Å². The Balaban J connectivity index is 1.95. The molecule has 0 bridgehead atoms. The highest BCUT2D eigenvalue weighted by Crippen LogP contribution is 2.24. The quantitative estimate of drug-likeness (QED) is 0.635. The van der Waals surface area contributed by atoms with E-state index in [2.05, 4.69) is 24.1 Å². The van der Waals surface area contributed by atoms with Crippen molar-refractivity contribution in [3.05, 3.63) is 57.0 Å². The number of thiophene rings is 1. The summed E-state index contributed by atoms with van der Waals surface area (Å²) in [4.78, 5) is 41.9. The number of nitrogens with one attached hydrogen (secondary N) is 1. The number of carbonyl (C=O) groups excluding carboxylic acids is 1. The Kier molecular flexibility index (Phi) is 5.83. The van der Waals surface area contributed by atoms with Crippen molar-refractivity contribution in [3.8, 4) is 0 Å². The Labute approximate surface area is 172 Å². The molecular weight excluding hydrogens is 390 g/mol. The molecule has 2 N–H and O–H groups in total. The van der Waals surface area contributed by atoms with E-state index in [9.17, 15) is 19.5 Å². The van der Waals surface area contributed by atoms with E-state index in [1.54, 1.807) is 0 Å². The zero-order valence-corrected chi connectivity index (χ0v) is 17.5. The topological polar surface area (TPSA) is 101 Å². The average Bonchev–Trinajstić information content (AvgIpc) is 3.08. The maximum atomic E-state index is 13.0. The molecule has 2 heterocycles. The summed E-state index contributed by atoms with van der Waals surface area (Å²) in [5.74, 6) is -0.834. The van der Waals surface area contributed by atoms with E-state index in [-0.39, 0.29) is 29.3 Å². The van der Waals surface area contributed by atoms with Crippen LogP contribution in [0.25, 0.3) is 10.2 Å². The van der Waals surface area contributed by atoms with Gasteiger partial charge in [0.2, 0.25) is 5.91 Å². The normalized spacial score (nSPS) is 11.4. The fourth-order valence-electron chi connectivity index (χ4n) is 3.09. The van der Waals surface area contributed by atoms with Gasteiger partial charge in [0, 0.05) is 17.0 Å². The molecule has 0 unspecified atom stereocenters. The minimum Gasteiger partial charge on any atom is -0.478 e. The molecule has 0 saturated carbocycles. The van der Waals surface area contributed by atoms with Gasteiger partial charge < -0.3 is 10.4 Å². The van der Waals surface area contributed by atoms with Crippen molar-refractivity contribution in [1.82, 2.24) is 9.55 Å². The van der Waals surface area contributed by atoms with Crippen LogP contribution >= 0.6 is 11.3 Å². The third-order valence-electron chi connectivity index (χ3n) is 4.63. The lowest BCUT2D eigenvalue weighted by Gasteiger charge is -2.15. The SMILES string of the molecule is CC(C)c1ccc(NC(=O)Cn2c(C(C)C)nc3scc(C(=O)O)c3c2=O)cc1. The zero-order chi connectivity index (χ0) is 21.3. The molecule has 1 aromatic carbocycles. The number of amides is 1. The van der Waals surface area contributed by atoms with E-state index in [4.69, 9.17) is 0 Å². The van der Waals surface area contributed by atoms with Gasteiger partial charge in [-0.15, -0.1) is 11.3 Å². The number of carbonyl (C=O) groups is 2. The summed E-state index contributed by atoms with van der Waals surface area (Å²) in [6.45, 7) is 7.69. The fourth-order valence-corrected chi connectivity index (χ4v) is 4.00. The van der Waals surface area contributed by atoms with Crippen LogP contribution in [0.5, 0.6) is 0 Å². The summed E-state index contributed by atoms with van der Waals surface area (Å²) in [7, 11) is 0. The summed E-state index contributed by atoms with van der Waals surface area (Å²) in [5, 5.41) is 13.6. The number of aromatic carboxylic acids is 1. The van der Waals surface area contributed by atoms with Crippen LogP contribution in [-0.4, -0.2) is 26.5 Å². The standard InChI is InChI=1S/C21H23N3O4S/c1-11(2)13-5-7-14(8-6-13)22-16(25)9-24-18(12(3)4)23-19-17(20(24)26)15(10-29-19)21(27)28/h5-8,10-12H,9H2,1-4H3,(H,22,25)(H,27,28). The molecule has 0 fully saturated rings. The monoisotopic (exact) mass is 413 g/mol. The first-order chi connectivity index (χ1) is 13.7. The molecule has 3 aromatic rings. The van der Waals surface area contributed by atoms with Crippen molar-refractivity contribution in [2.75, 3.05) is 5.32 Å². The Morgan fingerprint density at radius 1 is 1.14 bits per heavy atom. The number of hydrogen-bond acceptors (Lipinski definition) is 5. The van der Waals surface area contributed by atoms with Crippen LogP contribution in [0.15, 0.2) is 34.4 Å². The van der Waals surface area contributed by atoms with Crippen LogP contribution in [0.1, 0.15) is 61.3 Å². The minimum absolute atomic E-state index is 0.0426. The number of anilines is 1. The second-order valence-corrected chi connectivity index (χ2v) is 8.33. The number of nitrogens with zero attached hydrogens (tertiary/aromatic N) is 2. The van der Waals surface area contributed by atoms with Crippen LogP contribution in [0.3, 0.4) is 0 Å². The lowest BCUT2D eigenvalue weighted by atomic mass is 10.0. The molecule has 0 aliphatic heterocycles. The molecule has 29 heavy (non-hydrogen) atoms. The number of hydrogen-bond donors (Lipinski definition) is 2. The molecule has 152 valence electrons. The van der Waals surface area contributed by atoms with E-state index in [0.29, 0.717) is 22.3 Å². The summed E-state index contributed by atoms with van der Waals surface area (Å²) in [5.41, 5.74) is 1.20. The highest BCUT2D eigenvalue weighted by Gasteiger charge is 2.22. The second-order valence-electron chi connectivity index (χ2n) is 7.48. The lowest BCUT2D eigenvalue weighted by molar-refractivity contribution is -0.116. The number of benzene rings is 1. The highest BCUT2D eigenvalue weighted by molar-refractivity contribution is 7.17. The van der Waals surface area contributed by atoms with Gasteiger partial charge in [-0.25, -0.2) is 9.78 Å². The summed E-state index contributed by atoms with van der Waals surface area (Å²) >= 11 is 1.12. The maximum absolute atomic E-state index is 13.0. The predicted octanol–water partition coefficient (Wildman–Crippen LogP) is 4.04. The van der Waals surface area contributed by atoms with E-state index in [1.165, 1.54) is 9.95 Å². The zero-order valence-electron chi connectivity index (χ0n) is 16.7. The number of fused-ring (bicyclic) bond motifs is 1. The van der Waals surface area contributed by atoms with Crippen molar-refractivity contribution >= 4 is 39.1 Å². The summed E-state index contributed by atoms with van der Waals surface area (Å²) in [6, 6.07) is 7.54. The third-order valence-corrected chi connectivity index (χ3v) is 5.51. The second kappa shape index (κ2) is 8.16. The molecule has 1 amide bonds. The van der Waals surface area contributed by atoms with Gasteiger partial charge in [0.25, 0.3) is 5.56 Å². The van der Waals surface area contributed by atoms with E-state index in [0.717, 1.165) is 16.9 Å². The fraction of sp³-hybridized carbons (Fsp3) is 0.333. The Bertz CT molecular complexity index is 1130. The third kappa shape index (κ3) is 4.22. The molecular formula is C21H23N3O4S. The maximum Gasteiger partial charge on any atom is 0.337 e. The molecule has 0 atom stereocenters. The predicted molar refractivity (Wildman–Crippen MR) is 114 cm³/mol. The van der Waals surface area contributed by atoms with Crippen molar-refractivity contribution in [2.45, 2.75) is 46.1 Å². The number of aromatic nitrogens is 2. The first-order valence-corrected chi connectivity index (χ1v) is 10.2. The molecule has 0 aliphatic carbocycles. The van der Waals surface area contributed by atoms with Crippen molar-refractivity contribution in [1.29, 1.82) is 0 Å². The molecule has 0 radical (unpaired) electrons. The van der Waals surface area contributed by atoms with Crippen LogP contribution < -0.4 is 10.9 Å². The molecule has 0 spiro atoms. The molecule has 8 heteroatoms. The van der Waals surface area contributed by atoms with Gasteiger partial charge in [-0.2, -0.15) is 0 Å². The van der Waals surface area contributed by atoms with E-state index in [1.807, 2.05) is 38.1 Å². The van der Waals surface area contributed by atoms with E-state index < -0.39 is 11.5 Å². The number of carboxylic acid groups (broad SMARTS) is 1. The van der Waals surface area contributed by atoms with Gasteiger partial charge in [0.1, 0.15) is 17.2 Å². The number of rotatable bonds is 6. The smallest absolute Gasteiger partial charge is 0.337 e. The highest BCUT2D eigenvalue weighted by atomic mass is 32.1. The van der Waals surface area contributed by atoms with Gasteiger partial charge in [0.15, 0.2) is 0 Å². The van der Waals surface area contributed by atoms with Crippen LogP contribution in [0.2, 0.25) is 0 Å². The van der Waals surface area contributed by atoms with Crippen molar-refractivity contribution < 1.29 is 14.7 Å². The molecule has 3 rings (SSSR count). The summed E-state index contributed by atoms with van der Waals surface area (Å²) in [6.07, 6.45) is 0. The first kappa shape index (κ1) is 20.7. The van der Waals surface area contributed by atoms with Gasteiger partial charge >= 0.3 is 5.97 Å². The van der Waals surface area contributed by atoms with Gasteiger partial charge in [0.05, 0.1) is 10.9 Å². The van der Waals surface area contributed by atoms with Crippen LogP contribution in [-0.2, 0) is 11.3 Å². The van der Waals surface area contributed by atoms with Gasteiger partial charge in [-0.1, -0.05) is 39.8 Å². The van der Waals surface area contributed by atoms with E-state index >= 15 is 0 Å². The molecule has 0 saturated heterocycles. The lowest BCUT2D eigenvalue weighted by Crippen LogP contribution is -2.32. The van der Waals surface area contributed by atoms with Crippen LogP contribution in [0.4, 0.5) is 5.69 Å². The molecule has 2 aromatic heterocycles. The first-order valence-electron chi connectivity index (χ1n) is 9.34. The summed E-state index contributed by atoms with van der Waals surface area (Å²) < 4.78 is 1.27. The van der Waals surface area contributed by atoms with Crippen LogP contribution in [0, 0.1) is 0 Å². The Morgan fingerprint density at radius 3 is 2.34 bits per heavy atom. The van der Waals surface area contributed by atoms with Gasteiger partial charge in [-0.05, 0) is 23.6 Å². The largest absolute Gasteiger partial charge is 0.478 e. The number of carboxylic acids is 1. The molecule has 0 aliphatic rings.